The van der Waals surface area contributed by atoms with Crippen molar-refractivity contribution in [3.05, 3.63) is 53.6 Å². The molecule has 156 valence electrons. The van der Waals surface area contributed by atoms with E-state index in [1.54, 1.807) is 12.4 Å². The predicted molar refractivity (Wildman–Crippen MR) is 115 cm³/mol. The number of aromatic amines is 1. The number of aryl methyl sites for hydroxylation is 1. The molecule has 1 fully saturated rings. The summed E-state index contributed by atoms with van der Waals surface area (Å²) in [6, 6.07) is 7.26. The van der Waals surface area contributed by atoms with Gasteiger partial charge in [-0.2, -0.15) is 5.10 Å². The minimum absolute atomic E-state index is 0.194. The zero-order valence-corrected chi connectivity index (χ0v) is 17.6. The number of nitrogens with one attached hydrogen (secondary N) is 2. The molecular formula is C22H27N7O. The van der Waals surface area contributed by atoms with Crippen LogP contribution in [0.2, 0.25) is 0 Å². The monoisotopic (exact) mass is 405 g/mol. The molecule has 1 aliphatic rings. The van der Waals surface area contributed by atoms with E-state index in [0.29, 0.717) is 22.9 Å². The van der Waals surface area contributed by atoms with Crippen molar-refractivity contribution < 1.29 is 4.79 Å². The van der Waals surface area contributed by atoms with Gasteiger partial charge in [-0.05, 0) is 62.4 Å². The minimum Gasteiger partial charge on any atom is -0.357 e. The largest absolute Gasteiger partial charge is 0.357 e. The highest BCUT2D eigenvalue weighted by Gasteiger charge is 2.19. The molecule has 1 amide bonds. The van der Waals surface area contributed by atoms with Crippen LogP contribution in [-0.2, 0) is 0 Å². The number of hydrogen-bond donors (Lipinski definition) is 2. The van der Waals surface area contributed by atoms with E-state index in [-0.39, 0.29) is 11.9 Å². The van der Waals surface area contributed by atoms with Crippen molar-refractivity contribution in [2.45, 2.75) is 39.7 Å². The van der Waals surface area contributed by atoms with E-state index in [9.17, 15) is 4.79 Å². The number of nitrogens with zero attached hydrogens (tertiary/aromatic N) is 5. The molecule has 8 nitrogen and oxygen atoms in total. The summed E-state index contributed by atoms with van der Waals surface area (Å²) in [6.07, 6.45) is 5.72. The summed E-state index contributed by atoms with van der Waals surface area (Å²) >= 11 is 0. The lowest BCUT2D eigenvalue weighted by Crippen LogP contribution is -2.33. The number of rotatable bonds is 5. The van der Waals surface area contributed by atoms with E-state index >= 15 is 0 Å². The second kappa shape index (κ2) is 8.61. The maximum absolute atomic E-state index is 12.6. The Bertz CT molecular complexity index is 1010. The van der Waals surface area contributed by atoms with Gasteiger partial charge in [0.1, 0.15) is 17.3 Å². The summed E-state index contributed by atoms with van der Waals surface area (Å²) in [7, 11) is 0. The predicted octanol–water partition coefficient (Wildman–Crippen LogP) is 3.30. The SMILES string of the molecule is Cc1ccnc(-c2n[nH]c(C(C)NC(=O)c3ccc(N4CCC(C)CC4)nc3)n2)c1. The third kappa shape index (κ3) is 4.48. The van der Waals surface area contributed by atoms with E-state index in [0.717, 1.165) is 30.4 Å². The van der Waals surface area contributed by atoms with E-state index < -0.39 is 0 Å². The average molecular weight is 406 g/mol. The molecule has 0 aromatic carbocycles. The van der Waals surface area contributed by atoms with Gasteiger partial charge in [0.25, 0.3) is 5.91 Å². The fourth-order valence-electron chi connectivity index (χ4n) is 3.53. The van der Waals surface area contributed by atoms with Crippen LogP contribution in [0, 0.1) is 12.8 Å². The molecule has 2 N–H and O–H groups in total. The van der Waals surface area contributed by atoms with Gasteiger partial charge in [0.2, 0.25) is 0 Å². The zero-order chi connectivity index (χ0) is 21.1. The van der Waals surface area contributed by atoms with Crippen molar-refractivity contribution in [3.8, 4) is 11.5 Å². The number of pyridine rings is 2. The molecule has 30 heavy (non-hydrogen) atoms. The molecule has 0 spiro atoms. The Balaban J connectivity index is 1.39. The van der Waals surface area contributed by atoms with Crippen LogP contribution in [0.15, 0.2) is 36.7 Å². The molecule has 1 saturated heterocycles. The Kier molecular flexibility index (Phi) is 5.74. The zero-order valence-electron chi connectivity index (χ0n) is 17.6. The van der Waals surface area contributed by atoms with Gasteiger partial charge in [0.05, 0.1) is 11.6 Å². The molecular weight excluding hydrogens is 378 g/mol. The summed E-state index contributed by atoms with van der Waals surface area (Å²) in [5, 5.41) is 10.1. The van der Waals surface area contributed by atoms with Crippen LogP contribution in [0.4, 0.5) is 5.82 Å². The maximum Gasteiger partial charge on any atom is 0.253 e. The second-order valence-corrected chi connectivity index (χ2v) is 8.03. The molecule has 0 radical (unpaired) electrons. The molecule has 8 heteroatoms. The molecule has 4 rings (SSSR count). The Hall–Kier alpha value is -3.29. The van der Waals surface area contributed by atoms with Gasteiger partial charge in [0, 0.05) is 25.5 Å². The number of amides is 1. The van der Waals surface area contributed by atoms with Crippen molar-refractivity contribution in [2.75, 3.05) is 18.0 Å². The summed E-state index contributed by atoms with van der Waals surface area (Å²) in [4.78, 5) is 28.2. The Morgan fingerprint density at radius 2 is 2.03 bits per heavy atom. The lowest BCUT2D eigenvalue weighted by Gasteiger charge is -2.31. The van der Waals surface area contributed by atoms with Crippen molar-refractivity contribution in [1.82, 2.24) is 30.5 Å². The highest BCUT2D eigenvalue weighted by molar-refractivity contribution is 5.94. The molecule has 1 aliphatic heterocycles. The van der Waals surface area contributed by atoms with Gasteiger partial charge in [0.15, 0.2) is 5.82 Å². The Morgan fingerprint density at radius 3 is 2.73 bits per heavy atom. The van der Waals surface area contributed by atoms with Gasteiger partial charge >= 0.3 is 0 Å². The number of carbonyl (C=O) groups is 1. The van der Waals surface area contributed by atoms with Crippen molar-refractivity contribution in [1.29, 1.82) is 0 Å². The van der Waals surface area contributed by atoms with Gasteiger partial charge in [-0.1, -0.05) is 6.92 Å². The lowest BCUT2D eigenvalue weighted by atomic mass is 9.99. The van der Waals surface area contributed by atoms with Crippen LogP contribution in [0.3, 0.4) is 0 Å². The fraction of sp³-hybridized carbons (Fsp3) is 0.409. The van der Waals surface area contributed by atoms with Gasteiger partial charge < -0.3 is 10.2 Å². The number of hydrogen-bond acceptors (Lipinski definition) is 6. The van der Waals surface area contributed by atoms with Crippen molar-refractivity contribution in [2.24, 2.45) is 5.92 Å². The molecule has 3 aromatic heterocycles. The van der Waals surface area contributed by atoms with Gasteiger partial charge in [-0.3, -0.25) is 14.9 Å². The molecule has 0 aliphatic carbocycles. The van der Waals surface area contributed by atoms with Crippen LogP contribution in [0.5, 0.6) is 0 Å². The van der Waals surface area contributed by atoms with Crippen LogP contribution >= 0.6 is 0 Å². The summed E-state index contributed by atoms with van der Waals surface area (Å²) < 4.78 is 0. The quantitative estimate of drug-likeness (QED) is 0.676. The molecule has 4 heterocycles. The normalized spacial score (nSPS) is 15.8. The van der Waals surface area contributed by atoms with Gasteiger partial charge in [-0.25, -0.2) is 9.97 Å². The smallest absolute Gasteiger partial charge is 0.253 e. The fourth-order valence-corrected chi connectivity index (χ4v) is 3.53. The van der Waals surface area contributed by atoms with E-state index in [1.165, 1.54) is 12.8 Å². The molecule has 0 bridgehead atoms. The van der Waals surface area contributed by atoms with E-state index in [2.05, 4.69) is 42.3 Å². The molecule has 1 atom stereocenters. The third-order valence-corrected chi connectivity index (χ3v) is 5.52. The van der Waals surface area contributed by atoms with Crippen LogP contribution in [-0.4, -0.2) is 44.1 Å². The first-order valence-electron chi connectivity index (χ1n) is 10.4. The first kappa shape index (κ1) is 20.0. The van der Waals surface area contributed by atoms with Crippen molar-refractivity contribution >= 4 is 11.7 Å². The standard InChI is InChI=1S/C22H27N7O/c1-14-7-10-29(11-8-14)19-5-4-17(13-24-19)22(30)25-16(3)20-26-21(28-27-20)18-12-15(2)6-9-23-18/h4-6,9,12-14,16H,7-8,10-11H2,1-3H3,(H,25,30)(H,26,27,28). The Labute approximate surface area is 176 Å². The number of carbonyl (C=O) groups excluding carboxylic acids is 1. The van der Waals surface area contributed by atoms with Crippen LogP contribution in [0.25, 0.3) is 11.5 Å². The Morgan fingerprint density at radius 1 is 1.23 bits per heavy atom. The van der Waals surface area contributed by atoms with Crippen LogP contribution < -0.4 is 10.2 Å². The number of piperidine rings is 1. The molecule has 0 saturated carbocycles. The summed E-state index contributed by atoms with van der Waals surface area (Å²) in [5.41, 5.74) is 2.31. The van der Waals surface area contributed by atoms with Crippen LogP contribution in [0.1, 0.15) is 54.5 Å². The second-order valence-electron chi connectivity index (χ2n) is 8.03. The number of H-pyrrole nitrogens is 1. The maximum atomic E-state index is 12.6. The average Bonchev–Trinajstić information content (AvgIpc) is 3.25. The first-order chi connectivity index (χ1) is 14.5. The number of aromatic nitrogens is 5. The summed E-state index contributed by atoms with van der Waals surface area (Å²) in [5.74, 6) is 2.59. The molecule has 1 unspecified atom stereocenters. The van der Waals surface area contributed by atoms with Crippen molar-refractivity contribution in [3.63, 3.8) is 0 Å². The highest BCUT2D eigenvalue weighted by Crippen LogP contribution is 2.21. The lowest BCUT2D eigenvalue weighted by molar-refractivity contribution is 0.0938. The highest BCUT2D eigenvalue weighted by atomic mass is 16.1. The van der Waals surface area contributed by atoms with Gasteiger partial charge in [-0.15, -0.1) is 0 Å². The minimum atomic E-state index is -0.327. The summed E-state index contributed by atoms with van der Waals surface area (Å²) in [6.45, 7) is 8.17. The number of anilines is 1. The van der Waals surface area contributed by atoms with E-state index in [4.69, 9.17) is 0 Å². The first-order valence-corrected chi connectivity index (χ1v) is 10.4. The van der Waals surface area contributed by atoms with E-state index in [1.807, 2.05) is 38.1 Å². The topological polar surface area (TPSA) is 99.7 Å². The molecule has 3 aromatic rings. The third-order valence-electron chi connectivity index (χ3n) is 5.52.